The summed E-state index contributed by atoms with van der Waals surface area (Å²) in [6.45, 7) is 0.202. The molecule has 0 amide bonds. The van der Waals surface area contributed by atoms with E-state index in [-0.39, 0.29) is 17.9 Å². The zero-order valence-electron chi connectivity index (χ0n) is 8.85. The van der Waals surface area contributed by atoms with Gasteiger partial charge < -0.3 is 10.5 Å². The SMILES string of the molecule is Nc1cc(F)ccc1C(=O)OCc1cccs1. The number of esters is 1. The molecule has 2 rings (SSSR count). The first-order chi connectivity index (χ1) is 8.16. The number of nitrogens with two attached hydrogens (primary N) is 1. The predicted octanol–water partition coefficient (Wildman–Crippen LogP) is 2.83. The molecule has 0 aliphatic heterocycles. The zero-order valence-corrected chi connectivity index (χ0v) is 9.67. The number of halogens is 1. The number of carbonyl (C=O) groups excluding carboxylic acids is 1. The maximum Gasteiger partial charge on any atom is 0.340 e. The number of carbonyl (C=O) groups is 1. The van der Waals surface area contributed by atoms with Crippen LogP contribution in [0.5, 0.6) is 0 Å². The van der Waals surface area contributed by atoms with Crippen molar-refractivity contribution in [1.29, 1.82) is 0 Å². The molecular weight excluding hydrogens is 241 g/mol. The second-order valence-electron chi connectivity index (χ2n) is 3.39. The average molecular weight is 251 g/mol. The van der Waals surface area contributed by atoms with Crippen LogP contribution in [0.2, 0.25) is 0 Å². The molecular formula is C12H10FNO2S. The highest BCUT2D eigenvalue weighted by atomic mass is 32.1. The summed E-state index contributed by atoms with van der Waals surface area (Å²) in [7, 11) is 0. The molecule has 0 atom stereocenters. The van der Waals surface area contributed by atoms with Gasteiger partial charge >= 0.3 is 5.97 Å². The monoisotopic (exact) mass is 251 g/mol. The van der Waals surface area contributed by atoms with Gasteiger partial charge in [-0.2, -0.15) is 0 Å². The standard InChI is InChI=1S/C12H10FNO2S/c13-8-3-4-10(11(14)6-8)12(15)16-7-9-2-1-5-17-9/h1-6H,7,14H2. The Bertz CT molecular complexity index is 525. The van der Waals surface area contributed by atoms with Crippen LogP contribution in [0, 0.1) is 5.82 Å². The summed E-state index contributed by atoms with van der Waals surface area (Å²) in [6, 6.07) is 7.34. The van der Waals surface area contributed by atoms with Gasteiger partial charge in [0.15, 0.2) is 0 Å². The maximum absolute atomic E-state index is 12.8. The van der Waals surface area contributed by atoms with E-state index in [2.05, 4.69) is 0 Å². The number of nitrogen functional groups attached to an aromatic ring is 1. The van der Waals surface area contributed by atoms with Crippen LogP contribution in [0.4, 0.5) is 10.1 Å². The first-order valence-corrected chi connectivity index (χ1v) is 5.79. The normalized spacial score (nSPS) is 10.2. The van der Waals surface area contributed by atoms with Gasteiger partial charge in [0.2, 0.25) is 0 Å². The molecule has 0 saturated carbocycles. The molecule has 0 bridgehead atoms. The molecule has 0 radical (unpaired) electrons. The van der Waals surface area contributed by atoms with E-state index in [1.54, 1.807) is 0 Å². The lowest BCUT2D eigenvalue weighted by Crippen LogP contribution is -2.08. The topological polar surface area (TPSA) is 52.3 Å². The molecule has 0 unspecified atom stereocenters. The average Bonchev–Trinajstić information content (AvgIpc) is 2.78. The third-order valence-electron chi connectivity index (χ3n) is 2.16. The molecule has 0 saturated heterocycles. The fourth-order valence-electron chi connectivity index (χ4n) is 1.33. The number of ether oxygens (including phenoxy) is 1. The molecule has 0 spiro atoms. The van der Waals surface area contributed by atoms with Crippen molar-refractivity contribution in [3.63, 3.8) is 0 Å². The van der Waals surface area contributed by atoms with E-state index in [1.165, 1.54) is 23.5 Å². The molecule has 0 aliphatic rings. The number of hydrogen-bond acceptors (Lipinski definition) is 4. The van der Waals surface area contributed by atoms with Gasteiger partial charge in [0.05, 0.1) is 5.56 Å². The van der Waals surface area contributed by atoms with Gasteiger partial charge in [-0.25, -0.2) is 9.18 Å². The highest BCUT2D eigenvalue weighted by Gasteiger charge is 2.12. The Morgan fingerprint density at radius 3 is 2.88 bits per heavy atom. The highest BCUT2D eigenvalue weighted by Crippen LogP contribution is 2.16. The Morgan fingerprint density at radius 1 is 1.41 bits per heavy atom. The van der Waals surface area contributed by atoms with Crippen molar-refractivity contribution >= 4 is 23.0 Å². The van der Waals surface area contributed by atoms with Crippen molar-refractivity contribution in [1.82, 2.24) is 0 Å². The van der Waals surface area contributed by atoms with Crippen LogP contribution >= 0.6 is 11.3 Å². The van der Waals surface area contributed by atoms with Crippen molar-refractivity contribution in [2.24, 2.45) is 0 Å². The molecule has 1 heterocycles. The van der Waals surface area contributed by atoms with Crippen molar-refractivity contribution < 1.29 is 13.9 Å². The maximum atomic E-state index is 12.8. The fourth-order valence-corrected chi connectivity index (χ4v) is 1.94. The minimum Gasteiger partial charge on any atom is -0.456 e. The summed E-state index contributed by atoms with van der Waals surface area (Å²) in [5, 5.41) is 1.90. The lowest BCUT2D eigenvalue weighted by atomic mass is 10.2. The molecule has 3 nitrogen and oxygen atoms in total. The van der Waals surface area contributed by atoms with Crippen molar-refractivity contribution in [2.45, 2.75) is 6.61 Å². The Labute approximate surface area is 102 Å². The van der Waals surface area contributed by atoms with Crippen LogP contribution in [0.15, 0.2) is 35.7 Å². The van der Waals surface area contributed by atoms with Gasteiger partial charge in [-0.05, 0) is 29.6 Å². The first kappa shape index (κ1) is 11.6. The first-order valence-electron chi connectivity index (χ1n) is 4.91. The summed E-state index contributed by atoms with van der Waals surface area (Å²) < 4.78 is 17.9. The molecule has 5 heteroatoms. The van der Waals surface area contributed by atoms with E-state index >= 15 is 0 Å². The van der Waals surface area contributed by atoms with Crippen molar-refractivity contribution in [3.05, 3.63) is 52.0 Å². The molecule has 17 heavy (non-hydrogen) atoms. The van der Waals surface area contributed by atoms with Crippen molar-refractivity contribution in [2.75, 3.05) is 5.73 Å². The smallest absolute Gasteiger partial charge is 0.340 e. The summed E-state index contributed by atoms with van der Waals surface area (Å²) in [6.07, 6.45) is 0. The van der Waals surface area contributed by atoms with E-state index in [1.807, 2.05) is 17.5 Å². The lowest BCUT2D eigenvalue weighted by Gasteiger charge is -2.05. The van der Waals surface area contributed by atoms with E-state index in [0.29, 0.717) is 0 Å². The van der Waals surface area contributed by atoms with Crippen LogP contribution in [0.1, 0.15) is 15.2 Å². The Morgan fingerprint density at radius 2 is 2.24 bits per heavy atom. The van der Waals surface area contributed by atoms with Gasteiger partial charge in [0.1, 0.15) is 12.4 Å². The second kappa shape index (κ2) is 4.97. The van der Waals surface area contributed by atoms with Gasteiger partial charge in [-0.3, -0.25) is 0 Å². The Balaban J connectivity index is 2.04. The van der Waals surface area contributed by atoms with Gasteiger partial charge in [-0.15, -0.1) is 11.3 Å². The zero-order chi connectivity index (χ0) is 12.3. The second-order valence-corrected chi connectivity index (χ2v) is 4.42. The lowest BCUT2D eigenvalue weighted by molar-refractivity contribution is 0.0478. The molecule has 0 aliphatic carbocycles. The minimum absolute atomic E-state index is 0.0844. The van der Waals surface area contributed by atoms with E-state index in [0.717, 1.165) is 10.9 Å². The molecule has 2 aromatic rings. The Hall–Kier alpha value is -1.88. The molecule has 88 valence electrons. The molecule has 2 N–H and O–H groups in total. The molecule has 0 fully saturated rings. The summed E-state index contributed by atoms with van der Waals surface area (Å²) in [4.78, 5) is 12.6. The number of hydrogen-bond donors (Lipinski definition) is 1. The highest BCUT2D eigenvalue weighted by molar-refractivity contribution is 7.09. The van der Waals surface area contributed by atoms with E-state index in [9.17, 15) is 9.18 Å². The summed E-state index contributed by atoms with van der Waals surface area (Å²) in [5.41, 5.74) is 5.80. The third kappa shape index (κ3) is 2.82. The number of thiophene rings is 1. The Kier molecular flexibility index (Phi) is 3.39. The van der Waals surface area contributed by atoms with Gasteiger partial charge in [0.25, 0.3) is 0 Å². The number of anilines is 1. The van der Waals surface area contributed by atoms with E-state index in [4.69, 9.17) is 10.5 Å². The van der Waals surface area contributed by atoms with Gasteiger partial charge in [-0.1, -0.05) is 6.07 Å². The van der Waals surface area contributed by atoms with Crippen LogP contribution < -0.4 is 5.73 Å². The molecule has 1 aromatic carbocycles. The third-order valence-corrected chi connectivity index (χ3v) is 3.01. The summed E-state index contributed by atoms with van der Waals surface area (Å²) >= 11 is 1.50. The van der Waals surface area contributed by atoms with Crippen LogP contribution in [0.25, 0.3) is 0 Å². The van der Waals surface area contributed by atoms with Crippen molar-refractivity contribution in [3.8, 4) is 0 Å². The summed E-state index contributed by atoms with van der Waals surface area (Å²) in [5.74, 6) is -1.02. The van der Waals surface area contributed by atoms with Crippen LogP contribution in [0.3, 0.4) is 0 Å². The van der Waals surface area contributed by atoms with E-state index < -0.39 is 11.8 Å². The fraction of sp³-hybridized carbons (Fsp3) is 0.0833. The van der Waals surface area contributed by atoms with Gasteiger partial charge in [0, 0.05) is 10.6 Å². The molecule has 1 aromatic heterocycles. The number of rotatable bonds is 3. The van der Waals surface area contributed by atoms with Crippen LogP contribution in [-0.2, 0) is 11.3 Å². The number of benzene rings is 1. The predicted molar refractivity (Wildman–Crippen MR) is 64.3 cm³/mol. The minimum atomic E-state index is -0.545. The van der Waals surface area contributed by atoms with Crippen LogP contribution in [-0.4, -0.2) is 5.97 Å². The quantitative estimate of drug-likeness (QED) is 0.674. The largest absolute Gasteiger partial charge is 0.456 e.